The molecule has 2 heterocycles. The first-order chi connectivity index (χ1) is 16.2. The molecular formula is C21H21N5O6S2. The number of primary amides is 2. The molecule has 0 spiro atoms. The average molecular weight is 504 g/mol. The van der Waals surface area contributed by atoms with Crippen molar-refractivity contribution in [3.05, 3.63) is 53.5 Å². The summed E-state index contributed by atoms with van der Waals surface area (Å²) in [6.07, 6.45) is -1.66. The topological polar surface area (TPSA) is 167 Å². The number of nitrogens with two attached hydrogens (primary N) is 2. The van der Waals surface area contributed by atoms with Gasteiger partial charge in [-0.05, 0) is 23.3 Å². The lowest BCUT2D eigenvalue weighted by molar-refractivity contribution is -0.129. The van der Waals surface area contributed by atoms with E-state index >= 15 is 0 Å². The SMILES string of the molecule is COCCS(=O)(=O)C(C1=NN(C(N)=O)C(C(N)=O)O1)c1nc2ccc(-c3ccccc3)cc2s1. The molecule has 1 aliphatic rings. The van der Waals surface area contributed by atoms with Crippen LogP contribution in [0.5, 0.6) is 0 Å². The van der Waals surface area contributed by atoms with Crippen LogP contribution in [0.25, 0.3) is 21.3 Å². The molecule has 4 N–H and O–H groups in total. The number of hydrogen-bond donors (Lipinski definition) is 2. The maximum absolute atomic E-state index is 13.3. The Bertz CT molecular complexity index is 1370. The number of urea groups is 1. The lowest BCUT2D eigenvalue weighted by Crippen LogP contribution is -2.45. The summed E-state index contributed by atoms with van der Waals surface area (Å²) in [5.74, 6) is -1.84. The zero-order chi connectivity index (χ0) is 24.5. The largest absolute Gasteiger partial charge is 0.442 e. The molecule has 0 saturated carbocycles. The van der Waals surface area contributed by atoms with Crippen molar-refractivity contribution in [1.82, 2.24) is 9.99 Å². The molecule has 2 unspecified atom stereocenters. The molecular weight excluding hydrogens is 482 g/mol. The highest BCUT2D eigenvalue weighted by molar-refractivity contribution is 7.92. The maximum atomic E-state index is 13.3. The molecule has 1 aliphatic heterocycles. The van der Waals surface area contributed by atoms with E-state index in [1.54, 1.807) is 6.07 Å². The number of methoxy groups -OCH3 is 1. The Labute approximate surface area is 198 Å². The maximum Gasteiger partial charge on any atom is 0.339 e. The molecule has 2 aromatic carbocycles. The summed E-state index contributed by atoms with van der Waals surface area (Å²) in [5.41, 5.74) is 13.0. The van der Waals surface area contributed by atoms with Crippen LogP contribution in [0.1, 0.15) is 10.3 Å². The first-order valence-corrected chi connectivity index (χ1v) is 12.5. The van der Waals surface area contributed by atoms with Gasteiger partial charge in [0.15, 0.2) is 15.1 Å². The van der Waals surface area contributed by atoms with Crippen LogP contribution in [0.4, 0.5) is 4.79 Å². The van der Waals surface area contributed by atoms with Gasteiger partial charge in [0, 0.05) is 7.11 Å². The molecule has 0 fully saturated rings. The molecule has 0 bridgehead atoms. The van der Waals surface area contributed by atoms with Gasteiger partial charge in [-0.15, -0.1) is 16.4 Å². The average Bonchev–Trinajstić information content (AvgIpc) is 3.42. The quantitative estimate of drug-likeness (QED) is 0.471. The van der Waals surface area contributed by atoms with Crippen molar-refractivity contribution in [2.24, 2.45) is 16.6 Å². The van der Waals surface area contributed by atoms with Crippen molar-refractivity contribution in [1.29, 1.82) is 0 Å². The molecule has 1 aromatic heterocycles. The van der Waals surface area contributed by atoms with Crippen molar-refractivity contribution in [2.45, 2.75) is 11.5 Å². The number of thiazole rings is 1. The highest BCUT2D eigenvalue weighted by Crippen LogP contribution is 2.36. The number of carbonyl (C=O) groups excluding carboxylic acids is 2. The van der Waals surface area contributed by atoms with E-state index in [-0.39, 0.29) is 17.4 Å². The van der Waals surface area contributed by atoms with Crippen LogP contribution in [0, 0.1) is 0 Å². The van der Waals surface area contributed by atoms with E-state index in [0.29, 0.717) is 10.5 Å². The van der Waals surface area contributed by atoms with E-state index in [2.05, 4.69) is 10.1 Å². The number of benzene rings is 2. The third-order valence-corrected chi connectivity index (χ3v) is 8.13. The minimum atomic E-state index is -3.99. The van der Waals surface area contributed by atoms with Crippen LogP contribution < -0.4 is 11.5 Å². The first-order valence-electron chi connectivity index (χ1n) is 10.0. The third-order valence-electron chi connectivity index (χ3n) is 5.02. The molecule has 3 aromatic rings. The second-order valence-electron chi connectivity index (χ2n) is 7.33. The number of carbonyl (C=O) groups is 2. The minimum Gasteiger partial charge on any atom is -0.442 e. The van der Waals surface area contributed by atoms with Gasteiger partial charge in [0.1, 0.15) is 5.01 Å². The van der Waals surface area contributed by atoms with Gasteiger partial charge >= 0.3 is 6.03 Å². The number of hydrazone groups is 1. The molecule has 0 aliphatic carbocycles. The van der Waals surface area contributed by atoms with Crippen LogP contribution in [0.2, 0.25) is 0 Å². The Hall–Kier alpha value is -3.55. The van der Waals surface area contributed by atoms with Gasteiger partial charge in [0.2, 0.25) is 5.90 Å². The van der Waals surface area contributed by atoms with Gasteiger partial charge in [-0.3, -0.25) is 4.79 Å². The standard InChI is InChI=1S/C21H21N5O6S2/c1-31-9-10-34(29,30)16(18-25-26(21(23)28)20(32-18)17(22)27)19-24-14-8-7-13(11-15(14)33-19)12-5-3-2-4-6-12/h2-8,11,16,20H,9-10H2,1H3,(H2,22,27)(H2,23,28). The second-order valence-corrected chi connectivity index (χ2v) is 10.6. The van der Waals surface area contributed by atoms with Crippen LogP contribution in [0.15, 0.2) is 53.6 Å². The predicted octanol–water partition coefficient (Wildman–Crippen LogP) is 1.60. The van der Waals surface area contributed by atoms with Crippen LogP contribution in [0.3, 0.4) is 0 Å². The van der Waals surface area contributed by atoms with Gasteiger partial charge in [0.05, 0.1) is 22.6 Å². The number of hydrogen-bond acceptors (Lipinski definition) is 9. The van der Waals surface area contributed by atoms with Gasteiger partial charge in [0.25, 0.3) is 12.1 Å². The molecule has 4 rings (SSSR count). The molecule has 34 heavy (non-hydrogen) atoms. The number of amides is 3. The molecule has 2 atom stereocenters. The van der Waals surface area contributed by atoms with Crippen molar-refractivity contribution in [2.75, 3.05) is 19.5 Å². The summed E-state index contributed by atoms with van der Waals surface area (Å²) in [4.78, 5) is 28.0. The first kappa shape index (κ1) is 23.6. The van der Waals surface area contributed by atoms with Crippen LogP contribution in [-0.4, -0.2) is 61.9 Å². The predicted molar refractivity (Wildman–Crippen MR) is 126 cm³/mol. The Balaban J connectivity index is 1.80. The summed E-state index contributed by atoms with van der Waals surface area (Å²) in [5, 5.41) is 3.05. The summed E-state index contributed by atoms with van der Waals surface area (Å²) in [6, 6.07) is 14.1. The minimum absolute atomic E-state index is 0.0893. The summed E-state index contributed by atoms with van der Waals surface area (Å²) >= 11 is 1.14. The van der Waals surface area contributed by atoms with E-state index in [9.17, 15) is 18.0 Å². The lowest BCUT2D eigenvalue weighted by Gasteiger charge is -2.16. The molecule has 0 radical (unpaired) electrons. The smallest absolute Gasteiger partial charge is 0.339 e. The number of rotatable bonds is 8. The fraction of sp³-hybridized carbons (Fsp3) is 0.238. The van der Waals surface area contributed by atoms with Gasteiger partial charge in [-0.25, -0.2) is 18.2 Å². The molecule has 0 saturated heterocycles. The highest BCUT2D eigenvalue weighted by Gasteiger charge is 2.45. The van der Waals surface area contributed by atoms with Crippen LogP contribution in [-0.2, 0) is 24.1 Å². The molecule has 3 amide bonds. The summed E-state index contributed by atoms with van der Waals surface area (Å²) in [6.45, 7) is -0.0893. The Morgan fingerprint density at radius 1 is 1.18 bits per heavy atom. The van der Waals surface area contributed by atoms with Crippen molar-refractivity contribution in [3.8, 4) is 11.1 Å². The lowest BCUT2D eigenvalue weighted by atomic mass is 10.1. The third kappa shape index (κ3) is 4.58. The van der Waals surface area contributed by atoms with E-state index in [0.717, 1.165) is 27.2 Å². The summed E-state index contributed by atoms with van der Waals surface area (Å²) in [7, 11) is -2.62. The van der Waals surface area contributed by atoms with Gasteiger partial charge in [-0.1, -0.05) is 36.4 Å². The number of ether oxygens (including phenoxy) is 2. The molecule has 178 valence electrons. The normalized spacial score (nSPS) is 16.8. The number of fused-ring (bicyclic) bond motifs is 1. The van der Waals surface area contributed by atoms with Crippen molar-refractivity contribution in [3.63, 3.8) is 0 Å². The van der Waals surface area contributed by atoms with Crippen molar-refractivity contribution < 1.29 is 27.5 Å². The van der Waals surface area contributed by atoms with Gasteiger partial charge < -0.3 is 20.9 Å². The van der Waals surface area contributed by atoms with E-state index < -0.39 is 39.2 Å². The highest BCUT2D eigenvalue weighted by atomic mass is 32.2. The zero-order valence-corrected chi connectivity index (χ0v) is 19.6. The van der Waals surface area contributed by atoms with Crippen molar-refractivity contribution >= 4 is 49.2 Å². The second kappa shape index (κ2) is 9.37. The van der Waals surface area contributed by atoms with E-state index in [1.165, 1.54) is 7.11 Å². The Morgan fingerprint density at radius 3 is 2.53 bits per heavy atom. The molecule has 11 nitrogen and oxygen atoms in total. The summed E-state index contributed by atoms with van der Waals surface area (Å²) < 4.78 is 37.6. The van der Waals surface area contributed by atoms with E-state index in [4.69, 9.17) is 20.9 Å². The number of sulfone groups is 1. The fourth-order valence-corrected chi connectivity index (χ4v) is 6.37. The fourth-order valence-electron chi connectivity index (χ4n) is 3.40. The Kier molecular flexibility index (Phi) is 6.50. The molecule has 13 heteroatoms. The Morgan fingerprint density at radius 2 is 1.91 bits per heavy atom. The number of nitrogens with zero attached hydrogens (tertiary/aromatic N) is 3. The van der Waals surface area contributed by atoms with E-state index in [1.807, 2.05) is 42.5 Å². The zero-order valence-electron chi connectivity index (χ0n) is 18.0. The van der Waals surface area contributed by atoms with Crippen LogP contribution >= 0.6 is 11.3 Å². The monoisotopic (exact) mass is 503 g/mol. The van der Waals surface area contributed by atoms with Gasteiger partial charge in [-0.2, -0.15) is 5.01 Å². The number of aromatic nitrogens is 1.